The molecule has 0 saturated heterocycles. The predicted molar refractivity (Wildman–Crippen MR) is 64.2 cm³/mol. The van der Waals surface area contributed by atoms with Crippen LogP contribution in [0.2, 0.25) is 0 Å². The summed E-state index contributed by atoms with van der Waals surface area (Å²) in [6.07, 6.45) is 0.332. The summed E-state index contributed by atoms with van der Waals surface area (Å²) in [6.45, 7) is 3.95. The molecule has 0 bridgehead atoms. The van der Waals surface area contributed by atoms with E-state index in [0.29, 0.717) is 6.42 Å². The van der Waals surface area contributed by atoms with Crippen LogP contribution in [0.5, 0.6) is 0 Å². The van der Waals surface area contributed by atoms with Crippen LogP contribution in [0.3, 0.4) is 0 Å². The van der Waals surface area contributed by atoms with Gasteiger partial charge in [-0.15, -0.1) is 0 Å². The van der Waals surface area contributed by atoms with Crippen LogP contribution in [-0.2, 0) is 9.53 Å². The van der Waals surface area contributed by atoms with Crippen molar-refractivity contribution in [3.8, 4) is 0 Å². The second-order valence-electron chi connectivity index (χ2n) is 4.10. The van der Waals surface area contributed by atoms with E-state index in [1.165, 1.54) is 7.11 Å². The standard InChI is InChI=1S/C13H19NO2/c1-9-6-4-5-7-11(9)12(10(2)14)8-13(15)16-3/h4-7,10,12H,8,14H2,1-3H3. The van der Waals surface area contributed by atoms with E-state index in [1.54, 1.807) is 0 Å². The number of rotatable bonds is 4. The van der Waals surface area contributed by atoms with E-state index < -0.39 is 0 Å². The van der Waals surface area contributed by atoms with Crippen LogP contribution in [-0.4, -0.2) is 19.1 Å². The third kappa shape index (κ3) is 3.07. The fraction of sp³-hybridized carbons (Fsp3) is 0.462. The van der Waals surface area contributed by atoms with Gasteiger partial charge in [-0.3, -0.25) is 4.79 Å². The molecule has 3 nitrogen and oxygen atoms in total. The Bertz CT molecular complexity index is 361. The van der Waals surface area contributed by atoms with Gasteiger partial charge in [0.1, 0.15) is 0 Å². The van der Waals surface area contributed by atoms with Crippen LogP contribution in [0.15, 0.2) is 24.3 Å². The molecular weight excluding hydrogens is 202 g/mol. The highest BCUT2D eigenvalue weighted by Gasteiger charge is 2.21. The number of hydrogen-bond donors (Lipinski definition) is 1. The van der Waals surface area contributed by atoms with Gasteiger partial charge in [0, 0.05) is 12.0 Å². The van der Waals surface area contributed by atoms with Crippen LogP contribution < -0.4 is 5.73 Å². The highest BCUT2D eigenvalue weighted by molar-refractivity contribution is 5.70. The number of carbonyl (C=O) groups excluding carboxylic acids is 1. The van der Waals surface area contributed by atoms with Crippen molar-refractivity contribution in [3.63, 3.8) is 0 Å². The first-order chi connectivity index (χ1) is 7.56. The summed E-state index contributed by atoms with van der Waals surface area (Å²) in [5, 5.41) is 0. The summed E-state index contributed by atoms with van der Waals surface area (Å²) < 4.78 is 4.70. The number of benzene rings is 1. The van der Waals surface area contributed by atoms with Gasteiger partial charge in [-0.1, -0.05) is 24.3 Å². The molecule has 0 fully saturated rings. The van der Waals surface area contributed by atoms with Crippen molar-refractivity contribution >= 4 is 5.97 Å². The molecule has 0 radical (unpaired) electrons. The van der Waals surface area contributed by atoms with Crippen LogP contribution in [0.4, 0.5) is 0 Å². The summed E-state index contributed by atoms with van der Waals surface area (Å²) in [5.74, 6) is -0.195. The number of ether oxygens (including phenoxy) is 1. The third-order valence-electron chi connectivity index (χ3n) is 2.84. The van der Waals surface area contributed by atoms with Gasteiger partial charge in [0.05, 0.1) is 13.5 Å². The zero-order chi connectivity index (χ0) is 12.1. The molecule has 1 aromatic carbocycles. The number of methoxy groups -OCH3 is 1. The molecule has 0 heterocycles. The Labute approximate surface area is 96.6 Å². The lowest BCUT2D eigenvalue weighted by molar-refractivity contribution is -0.141. The minimum Gasteiger partial charge on any atom is -0.469 e. The highest BCUT2D eigenvalue weighted by atomic mass is 16.5. The molecule has 2 atom stereocenters. The minimum atomic E-state index is -0.217. The second kappa shape index (κ2) is 5.66. The molecule has 0 aromatic heterocycles. The van der Waals surface area contributed by atoms with E-state index in [0.717, 1.165) is 11.1 Å². The third-order valence-corrected chi connectivity index (χ3v) is 2.84. The molecule has 2 N–H and O–H groups in total. The summed E-state index contributed by atoms with van der Waals surface area (Å²) >= 11 is 0. The maximum Gasteiger partial charge on any atom is 0.306 e. The largest absolute Gasteiger partial charge is 0.469 e. The van der Waals surface area contributed by atoms with Crippen LogP contribution in [0.25, 0.3) is 0 Å². The van der Waals surface area contributed by atoms with E-state index in [1.807, 2.05) is 38.1 Å². The lowest BCUT2D eigenvalue weighted by Crippen LogP contribution is -2.27. The molecule has 0 spiro atoms. The first-order valence-electron chi connectivity index (χ1n) is 5.44. The molecular formula is C13H19NO2. The first-order valence-corrected chi connectivity index (χ1v) is 5.44. The maximum atomic E-state index is 11.3. The van der Waals surface area contributed by atoms with Gasteiger partial charge in [0.15, 0.2) is 0 Å². The summed E-state index contributed by atoms with van der Waals surface area (Å²) in [7, 11) is 1.40. The van der Waals surface area contributed by atoms with Crippen molar-refractivity contribution in [3.05, 3.63) is 35.4 Å². The summed E-state index contributed by atoms with van der Waals surface area (Å²) in [5.41, 5.74) is 8.22. The molecule has 0 saturated carbocycles. The topological polar surface area (TPSA) is 52.3 Å². The molecule has 3 heteroatoms. The van der Waals surface area contributed by atoms with Gasteiger partial charge < -0.3 is 10.5 Å². The normalized spacial score (nSPS) is 14.2. The number of nitrogens with two attached hydrogens (primary N) is 1. The average molecular weight is 221 g/mol. The summed E-state index contributed by atoms with van der Waals surface area (Å²) in [4.78, 5) is 11.3. The molecule has 0 aliphatic carbocycles. The van der Waals surface area contributed by atoms with Gasteiger partial charge in [-0.2, -0.15) is 0 Å². The quantitative estimate of drug-likeness (QED) is 0.791. The fourth-order valence-corrected chi connectivity index (χ4v) is 1.84. The Morgan fingerprint density at radius 1 is 1.44 bits per heavy atom. The van der Waals surface area contributed by atoms with E-state index in [-0.39, 0.29) is 17.9 Å². The van der Waals surface area contributed by atoms with Gasteiger partial charge in [-0.25, -0.2) is 0 Å². The molecule has 2 unspecified atom stereocenters. The minimum absolute atomic E-state index is 0.0219. The van der Waals surface area contributed by atoms with Crippen LogP contribution >= 0.6 is 0 Å². The first kappa shape index (κ1) is 12.7. The van der Waals surface area contributed by atoms with Crippen molar-refractivity contribution < 1.29 is 9.53 Å². The van der Waals surface area contributed by atoms with Gasteiger partial charge in [0.25, 0.3) is 0 Å². The molecule has 0 aliphatic rings. The maximum absolute atomic E-state index is 11.3. The Balaban J connectivity index is 2.94. The van der Waals surface area contributed by atoms with E-state index in [2.05, 4.69) is 0 Å². The van der Waals surface area contributed by atoms with Gasteiger partial charge in [0.2, 0.25) is 0 Å². The van der Waals surface area contributed by atoms with Crippen molar-refractivity contribution in [1.82, 2.24) is 0 Å². The van der Waals surface area contributed by atoms with Crippen molar-refractivity contribution in [2.45, 2.75) is 32.2 Å². The molecule has 0 amide bonds. The van der Waals surface area contributed by atoms with Gasteiger partial charge in [-0.05, 0) is 25.0 Å². The predicted octanol–water partition coefficient (Wildman–Crippen LogP) is 1.99. The van der Waals surface area contributed by atoms with Crippen LogP contribution in [0, 0.1) is 6.92 Å². The lowest BCUT2D eigenvalue weighted by Gasteiger charge is -2.21. The average Bonchev–Trinajstić information content (AvgIpc) is 2.26. The lowest BCUT2D eigenvalue weighted by atomic mass is 9.87. The molecule has 88 valence electrons. The fourth-order valence-electron chi connectivity index (χ4n) is 1.84. The monoisotopic (exact) mass is 221 g/mol. The highest BCUT2D eigenvalue weighted by Crippen LogP contribution is 2.25. The Hall–Kier alpha value is -1.35. The van der Waals surface area contributed by atoms with E-state index in [4.69, 9.17) is 10.5 Å². The van der Waals surface area contributed by atoms with Crippen LogP contribution in [0.1, 0.15) is 30.4 Å². The van der Waals surface area contributed by atoms with Gasteiger partial charge >= 0.3 is 5.97 Å². The van der Waals surface area contributed by atoms with Crippen molar-refractivity contribution in [2.24, 2.45) is 5.73 Å². The molecule has 16 heavy (non-hydrogen) atoms. The SMILES string of the molecule is COC(=O)CC(c1ccccc1C)C(C)N. The number of carbonyl (C=O) groups is 1. The molecule has 1 aromatic rings. The van der Waals surface area contributed by atoms with E-state index >= 15 is 0 Å². The Kier molecular flexibility index (Phi) is 4.50. The number of esters is 1. The summed E-state index contributed by atoms with van der Waals surface area (Å²) in [6, 6.07) is 7.93. The zero-order valence-corrected chi connectivity index (χ0v) is 10.1. The van der Waals surface area contributed by atoms with Crippen molar-refractivity contribution in [2.75, 3.05) is 7.11 Å². The number of aryl methyl sites for hydroxylation is 1. The Morgan fingerprint density at radius 3 is 2.56 bits per heavy atom. The smallest absolute Gasteiger partial charge is 0.306 e. The second-order valence-corrected chi connectivity index (χ2v) is 4.10. The van der Waals surface area contributed by atoms with E-state index in [9.17, 15) is 4.79 Å². The zero-order valence-electron chi connectivity index (χ0n) is 10.1. The molecule has 1 rings (SSSR count). The number of hydrogen-bond acceptors (Lipinski definition) is 3. The Morgan fingerprint density at radius 2 is 2.06 bits per heavy atom. The van der Waals surface area contributed by atoms with Crippen molar-refractivity contribution in [1.29, 1.82) is 0 Å². The molecule has 0 aliphatic heterocycles.